The molecule has 0 bridgehead atoms. The molecule has 0 radical (unpaired) electrons. The quantitative estimate of drug-likeness (QED) is 0.591. The van der Waals surface area contributed by atoms with Gasteiger partial charge in [-0.25, -0.2) is 0 Å². The molecule has 0 spiro atoms. The molecule has 2 N–H and O–H groups in total. The van der Waals surface area contributed by atoms with Crippen LogP contribution in [0.2, 0.25) is 0 Å². The second-order valence-electron chi connectivity index (χ2n) is 11.6. The van der Waals surface area contributed by atoms with Gasteiger partial charge in [0, 0.05) is 0 Å². The molecule has 0 aromatic carbocycles. The van der Waals surface area contributed by atoms with Gasteiger partial charge in [-0.15, -0.1) is 0 Å². The zero-order valence-corrected chi connectivity index (χ0v) is 17.9. The second-order valence-corrected chi connectivity index (χ2v) is 11.6. The standard InChI is InChI=1S/C25H38O3/c1-15-17-8-12-24(3)18-9-14-25(22(27)28)11-4-5-19(25)16(18)6-7-21(24)23(17,2)13-10-20(15)26/h6,15,17-21,26H,4-5,7-14H2,1-3H3,(H,27,28). The highest BCUT2D eigenvalue weighted by molar-refractivity contribution is 5.76. The minimum Gasteiger partial charge on any atom is -0.481 e. The summed E-state index contributed by atoms with van der Waals surface area (Å²) in [5.41, 5.74) is 1.71. The van der Waals surface area contributed by atoms with Crippen molar-refractivity contribution in [3.05, 3.63) is 11.6 Å². The summed E-state index contributed by atoms with van der Waals surface area (Å²) in [7, 11) is 0. The topological polar surface area (TPSA) is 57.5 Å². The first-order chi connectivity index (χ1) is 13.2. The fraction of sp³-hybridized carbons (Fsp3) is 0.880. The van der Waals surface area contributed by atoms with Gasteiger partial charge < -0.3 is 10.2 Å². The number of allylic oxidation sites excluding steroid dienone is 2. The van der Waals surface area contributed by atoms with Crippen molar-refractivity contribution in [2.24, 2.45) is 45.8 Å². The summed E-state index contributed by atoms with van der Waals surface area (Å²) in [6.07, 6.45) is 13.1. The smallest absolute Gasteiger partial charge is 0.310 e. The Morgan fingerprint density at radius 1 is 1.00 bits per heavy atom. The second kappa shape index (κ2) is 6.09. The van der Waals surface area contributed by atoms with E-state index in [4.69, 9.17) is 0 Å². The van der Waals surface area contributed by atoms with Crippen LogP contribution in [0.25, 0.3) is 0 Å². The van der Waals surface area contributed by atoms with Crippen LogP contribution in [0.15, 0.2) is 11.6 Å². The molecule has 4 fully saturated rings. The van der Waals surface area contributed by atoms with E-state index in [0.717, 1.165) is 51.4 Å². The van der Waals surface area contributed by atoms with E-state index < -0.39 is 11.4 Å². The van der Waals surface area contributed by atoms with Crippen LogP contribution in [0.3, 0.4) is 0 Å². The molecule has 156 valence electrons. The highest BCUT2D eigenvalue weighted by atomic mass is 16.4. The lowest BCUT2D eigenvalue weighted by molar-refractivity contribution is -0.163. The van der Waals surface area contributed by atoms with E-state index in [2.05, 4.69) is 26.8 Å². The van der Waals surface area contributed by atoms with Gasteiger partial charge in [0.15, 0.2) is 0 Å². The van der Waals surface area contributed by atoms with Gasteiger partial charge in [0.1, 0.15) is 0 Å². The number of hydrogen-bond donors (Lipinski definition) is 2. The van der Waals surface area contributed by atoms with Crippen LogP contribution in [0.1, 0.15) is 85.0 Å². The predicted octanol–water partition coefficient (Wildman–Crippen LogP) is 5.43. The Kier molecular flexibility index (Phi) is 4.17. The summed E-state index contributed by atoms with van der Waals surface area (Å²) in [5, 5.41) is 20.6. The molecular formula is C25H38O3. The molecule has 9 unspecified atom stereocenters. The van der Waals surface area contributed by atoms with Crippen molar-refractivity contribution in [3.63, 3.8) is 0 Å². The zero-order chi connectivity index (χ0) is 19.9. The van der Waals surface area contributed by atoms with Gasteiger partial charge in [0.05, 0.1) is 11.5 Å². The first kappa shape index (κ1) is 19.2. The average molecular weight is 387 g/mol. The Bertz CT molecular complexity index is 713. The van der Waals surface area contributed by atoms with E-state index in [1.54, 1.807) is 0 Å². The molecule has 3 nitrogen and oxygen atoms in total. The van der Waals surface area contributed by atoms with Gasteiger partial charge in [0.2, 0.25) is 0 Å². The maximum absolute atomic E-state index is 12.2. The summed E-state index contributed by atoms with van der Waals surface area (Å²) >= 11 is 0. The zero-order valence-electron chi connectivity index (χ0n) is 17.9. The summed E-state index contributed by atoms with van der Waals surface area (Å²) in [4.78, 5) is 12.2. The Morgan fingerprint density at radius 2 is 1.75 bits per heavy atom. The van der Waals surface area contributed by atoms with E-state index >= 15 is 0 Å². The lowest BCUT2D eigenvalue weighted by Gasteiger charge is -2.65. The van der Waals surface area contributed by atoms with E-state index in [1.807, 2.05) is 0 Å². The Labute approximate surface area is 170 Å². The Balaban J connectivity index is 1.52. The molecule has 5 rings (SSSR count). The summed E-state index contributed by atoms with van der Waals surface area (Å²) < 4.78 is 0. The molecule has 0 heterocycles. The van der Waals surface area contributed by atoms with E-state index in [9.17, 15) is 15.0 Å². The third kappa shape index (κ3) is 2.23. The SMILES string of the molecule is CC1C(O)CCC2(C)C1CCC1(C)C3CCC4(C(=O)O)CCCC4C3=CCC12. The van der Waals surface area contributed by atoms with Gasteiger partial charge in [-0.05, 0) is 98.2 Å². The van der Waals surface area contributed by atoms with Gasteiger partial charge in [-0.3, -0.25) is 4.79 Å². The molecule has 4 saturated carbocycles. The number of fused-ring (bicyclic) bond motifs is 7. The van der Waals surface area contributed by atoms with Crippen molar-refractivity contribution in [2.75, 3.05) is 0 Å². The molecular weight excluding hydrogens is 348 g/mol. The molecule has 9 atom stereocenters. The number of aliphatic hydroxyl groups is 1. The predicted molar refractivity (Wildman–Crippen MR) is 110 cm³/mol. The number of aliphatic hydroxyl groups excluding tert-OH is 1. The Hall–Kier alpha value is -0.830. The van der Waals surface area contributed by atoms with E-state index in [0.29, 0.717) is 40.4 Å². The fourth-order valence-corrected chi connectivity index (χ4v) is 9.43. The van der Waals surface area contributed by atoms with Crippen molar-refractivity contribution in [1.82, 2.24) is 0 Å². The fourth-order valence-electron chi connectivity index (χ4n) is 9.43. The molecule has 3 heteroatoms. The van der Waals surface area contributed by atoms with Crippen molar-refractivity contribution in [1.29, 1.82) is 0 Å². The van der Waals surface area contributed by atoms with Crippen LogP contribution < -0.4 is 0 Å². The third-order valence-corrected chi connectivity index (χ3v) is 10.9. The van der Waals surface area contributed by atoms with Gasteiger partial charge in [-0.2, -0.15) is 0 Å². The number of carboxylic acid groups (broad SMARTS) is 1. The molecule has 0 aromatic rings. The molecule has 0 saturated heterocycles. The number of carbonyl (C=O) groups is 1. The van der Waals surface area contributed by atoms with Crippen molar-refractivity contribution >= 4 is 5.97 Å². The summed E-state index contributed by atoms with van der Waals surface area (Å²) in [6.45, 7) is 7.36. The summed E-state index contributed by atoms with van der Waals surface area (Å²) in [5.74, 6) is 2.07. The lowest BCUT2D eigenvalue weighted by Crippen LogP contribution is -2.59. The molecule has 28 heavy (non-hydrogen) atoms. The van der Waals surface area contributed by atoms with Gasteiger partial charge in [0.25, 0.3) is 0 Å². The van der Waals surface area contributed by atoms with Crippen molar-refractivity contribution < 1.29 is 15.0 Å². The normalized spacial score (nSPS) is 55.4. The van der Waals surface area contributed by atoms with Crippen LogP contribution >= 0.6 is 0 Å². The van der Waals surface area contributed by atoms with Crippen LogP contribution in [-0.2, 0) is 4.79 Å². The average Bonchev–Trinajstić information content (AvgIpc) is 3.11. The molecule has 5 aliphatic carbocycles. The first-order valence-electron chi connectivity index (χ1n) is 11.9. The minimum atomic E-state index is -0.535. The maximum atomic E-state index is 12.2. The van der Waals surface area contributed by atoms with E-state index in [-0.39, 0.29) is 6.10 Å². The van der Waals surface area contributed by atoms with Crippen LogP contribution in [0, 0.1) is 45.8 Å². The number of rotatable bonds is 1. The largest absolute Gasteiger partial charge is 0.481 e. The third-order valence-electron chi connectivity index (χ3n) is 10.9. The highest BCUT2D eigenvalue weighted by Gasteiger charge is 2.63. The van der Waals surface area contributed by atoms with Gasteiger partial charge >= 0.3 is 5.97 Å². The lowest BCUT2D eigenvalue weighted by atomic mass is 9.39. The van der Waals surface area contributed by atoms with Crippen LogP contribution in [0.5, 0.6) is 0 Å². The molecule has 0 aliphatic heterocycles. The molecule has 0 amide bonds. The maximum Gasteiger partial charge on any atom is 0.310 e. The number of hydrogen-bond acceptors (Lipinski definition) is 2. The Morgan fingerprint density at radius 3 is 2.50 bits per heavy atom. The molecule has 0 aromatic heterocycles. The van der Waals surface area contributed by atoms with E-state index in [1.165, 1.54) is 18.4 Å². The van der Waals surface area contributed by atoms with Gasteiger partial charge in [-0.1, -0.05) is 38.8 Å². The monoisotopic (exact) mass is 386 g/mol. The minimum absolute atomic E-state index is 0.124. The molecule has 5 aliphatic rings. The summed E-state index contributed by atoms with van der Waals surface area (Å²) in [6, 6.07) is 0. The first-order valence-corrected chi connectivity index (χ1v) is 11.9. The van der Waals surface area contributed by atoms with Crippen molar-refractivity contribution in [3.8, 4) is 0 Å². The highest BCUT2D eigenvalue weighted by Crippen LogP contribution is 2.70. The van der Waals surface area contributed by atoms with Crippen LogP contribution in [-0.4, -0.2) is 22.3 Å². The van der Waals surface area contributed by atoms with Crippen molar-refractivity contribution in [2.45, 2.75) is 91.1 Å². The van der Waals surface area contributed by atoms with Crippen LogP contribution in [0.4, 0.5) is 0 Å². The number of aliphatic carboxylic acids is 1. The number of carboxylic acids is 1.